The average molecular weight is 379 g/mol. The van der Waals surface area contributed by atoms with Crippen LogP contribution in [0.2, 0.25) is 5.02 Å². The van der Waals surface area contributed by atoms with Gasteiger partial charge in [0.05, 0.1) is 11.3 Å². The molecule has 140 valence electrons. The lowest BCUT2D eigenvalue weighted by atomic mass is 10.1. The van der Waals surface area contributed by atoms with Crippen LogP contribution in [0.25, 0.3) is 0 Å². The maximum Gasteiger partial charge on any atom is 0.257 e. The molecular weight excluding hydrogens is 355 g/mol. The summed E-state index contributed by atoms with van der Waals surface area (Å²) in [5.41, 5.74) is 2.91. The molecule has 7 heteroatoms. The van der Waals surface area contributed by atoms with Crippen LogP contribution < -0.4 is 0 Å². The molecule has 1 saturated heterocycles. The molecule has 5 nitrogen and oxygen atoms in total. The van der Waals surface area contributed by atoms with Crippen molar-refractivity contribution in [3.8, 4) is 0 Å². The lowest BCUT2D eigenvalue weighted by molar-refractivity contribution is 0.0625. The lowest BCUT2D eigenvalue weighted by Gasteiger charge is -2.35. The normalized spacial score (nSPS) is 15.5. The topological polar surface area (TPSA) is 41.4 Å². The number of carbonyl (C=O) groups is 1. The Morgan fingerprint density at radius 2 is 1.92 bits per heavy atom. The van der Waals surface area contributed by atoms with Crippen LogP contribution in [-0.2, 0) is 13.1 Å². The van der Waals surface area contributed by atoms with Gasteiger partial charge in [-0.05, 0) is 32.9 Å². The van der Waals surface area contributed by atoms with Crippen LogP contribution in [0.3, 0.4) is 0 Å². The van der Waals surface area contributed by atoms with E-state index in [1.165, 1.54) is 6.07 Å². The van der Waals surface area contributed by atoms with Crippen LogP contribution in [0, 0.1) is 19.7 Å². The van der Waals surface area contributed by atoms with Crippen LogP contribution in [0.15, 0.2) is 18.2 Å². The summed E-state index contributed by atoms with van der Waals surface area (Å²) in [6, 6.07) is 4.74. The molecule has 0 spiro atoms. The fourth-order valence-corrected chi connectivity index (χ4v) is 3.71. The monoisotopic (exact) mass is 378 g/mol. The molecule has 0 aliphatic carbocycles. The first-order chi connectivity index (χ1) is 12.4. The Labute approximate surface area is 158 Å². The van der Waals surface area contributed by atoms with Crippen LogP contribution in [0.4, 0.5) is 4.39 Å². The van der Waals surface area contributed by atoms with E-state index in [1.54, 1.807) is 12.1 Å². The van der Waals surface area contributed by atoms with E-state index in [0.717, 1.165) is 17.9 Å². The summed E-state index contributed by atoms with van der Waals surface area (Å²) in [5, 5.41) is 4.88. The fourth-order valence-electron chi connectivity index (χ4n) is 3.49. The zero-order valence-corrected chi connectivity index (χ0v) is 16.2. The van der Waals surface area contributed by atoms with Crippen molar-refractivity contribution in [2.75, 3.05) is 26.2 Å². The number of halogens is 2. The van der Waals surface area contributed by atoms with Gasteiger partial charge in [-0.1, -0.05) is 17.7 Å². The van der Waals surface area contributed by atoms with E-state index in [-0.39, 0.29) is 11.7 Å². The molecule has 0 atom stereocenters. The Hall–Kier alpha value is -1.92. The number of rotatable bonds is 4. The molecule has 2 heterocycles. The Balaban J connectivity index is 1.65. The summed E-state index contributed by atoms with van der Waals surface area (Å²) >= 11 is 6.12. The van der Waals surface area contributed by atoms with E-state index in [9.17, 15) is 9.18 Å². The predicted octanol–water partition coefficient (Wildman–Crippen LogP) is 3.27. The van der Waals surface area contributed by atoms with E-state index < -0.39 is 0 Å². The van der Waals surface area contributed by atoms with Gasteiger partial charge in [0, 0.05) is 55.5 Å². The van der Waals surface area contributed by atoms with Crippen molar-refractivity contribution >= 4 is 17.5 Å². The molecule has 0 bridgehead atoms. The Morgan fingerprint density at radius 3 is 2.50 bits per heavy atom. The summed E-state index contributed by atoms with van der Waals surface area (Å²) in [4.78, 5) is 16.9. The zero-order chi connectivity index (χ0) is 18.8. The first-order valence-electron chi connectivity index (χ1n) is 8.90. The first kappa shape index (κ1) is 18.9. The number of aromatic nitrogens is 2. The smallest absolute Gasteiger partial charge is 0.257 e. The number of hydrogen-bond acceptors (Lipinski definition) is 3. The Bertz CT molecular complexity index is 792. The third-order valence-electron chi connectivity index (χ3n) is 5.00. The number of aryl methyl sites for hydroxylation is 2. The van der Waals surface area contributed by atoms with Crippen molar-refractivity contribution in [2.45, 2.75) is 33.9 Å². The predicted molar refractivity (Wildman–Crippen MR) is 100.0 cm³/mol. The molecule has 26 heavy (non-hydrogen) atoms. The summed E-state index contributed by atoms with van der Waals surface area (Å²) in [6.45, 7) is 9.64. The molecule has 0 radical (unpaired) electrons. The highest BCUT2D eigenvalue weighted by molar-refractivity contribution is 6.31. The van der Waals surface area contributed by atoms with Crippen molar-refractivity contribution in [2.24, 2.45) is 0 Å². The Kier molecular flexibility index (Phi) is 5.63. The SMILES string of the molecule is CCn1nc(C)c(C(=O)N2CCN(Cc3c(F)cccc3Cl)CC2)c1C. The number of benzene rings is 1. The van der Waals surface area contributed by atoms with Gasteiger partial charge in [-0.15, -0.1) is 0 Å². The quantitative estimate of drug-likeness (QED) is 0.819. The molecule has 0 unspecified atom stereocenters. The standard InChI is InChI=1S/C19H24ClFN4O/c1-4-25-14(3)18(13(2)22-25)19(26)24-10-8-23(9-11-24)12-15-16(20)6-5-7-17(15)21/h5-7H,4,8-12H2,1-3H3. The minimum Gasteiger partial charge on any atom is -0.336 e. The maximum absolute atomic E-state index is 14.0. The van der Waals surface area contributed by atoms with E-state index in [0.29, 0.717) is 48.9 Å². The number of hydrogen-bond donors (Lipinski definition) is 0. The van der Waals surface area contributed by atoms with Crippen molar-refractivity contribution in [1.29, 1.82) is 0 Å². The minimum absolute atomic E-state index is 0.0308. The maximum atomic E-state index is 14.0. The van der Waals surface area contributed by atoms with Gasteiger partial charge in [0.2, 0.25) is 0 Å². The van der Waals surface area contributed by atoms with Gasteiger partial charge in [0.15, 0.2) is 0 Å². The largest absolute Gasteiger partial charge is 0.336 e. The lowest BCUT2D eigenvalue weighted by Crippen LogP contribution is -2.48. The summed E-state index contributed by atoms with van der Waals surface area (Å²) in [5.74, 6) is -0.252. The number of nitrogens with zero attached hydrogens (tertiary/aromatic N) is 4. The number of piperazine rings is 1. The second kappa shape index (κ2) is 7.76. The molecule has 1 aromatic heterocycles. The van der Waals surface area contributed by atoms with Crippen molar-refractivity contribution in [3.05, 3.63) is 51.6 Å². The van der Waals surface area contributed by atoms with Gasteiger partial charge >= 0.3 is 0 Å². The van der Waals surface area contributed by atoms with Gasteiger partial charge in [0.1, 0.15) is 5.82 Å². The molecule has 0 saturated carbocycles. The first-order valence-corrected chi connectivity index (χ1v) is 9.28. The van der Waals surface area contributed by atoms with Gasteiger partial charge in [-0.25, -0.2) is 4.39 Å². The molecule has 1 aliphatic heterocycles. The minimum atomic E-state index is -0.283. The van der Waals surface area contributed by atoms with Crippen molar-refractivity contribution in [3.63, 3.8) is 0 Å². The van der Waals surface area contributed by atoms with Crippen LogP contribution in [0.1, 0.15) is 34.2 Å². The van der Waals surface area contributed by atoms with E-state index in [2.05, 4.69) is 10.00 Å². The molecule has 3 rings (SSSR count). The number of carbonyl (C=O) groups excluding carboxylic acids is 1. The van der Waals surface area contributed by atoms with E-state index in [1.807, 2.05) is 30.4 Å². The van der Waals surface area contributed by atoms with E-state index >= 15 is 0 Å². The van der Waals surface area contributed by atoms with Gasteiger partial charge in [0.25, 0.3) is 5.91 Å². The number of amides is 1. The fraction of sp³-hybridized carbons (Fsp3) is 0.474. The molecule has 2 aromatic rings. The zero-order valence-electron chi connectivity index (χ0n) is 15.4. The van der Waals surface area contributed by atoms with Crippen LogP contribution in [-0.4, -0.2) is 51.7 Å². The highest BCUT2D eigenvalue weighted by atomic mass is 35.5. The Morgan fingerprint density at radius 1 is 1.23 bits per heavy atom. The van der Waals surface area contributed by atoms with Gasteiger partial charge in [-0.2, -0.15) is 5.10 Å². The molecule has 0 N–H and O–H groups in total. The highest BCUT2D eigenvalue weighted by Gasteiger charge is 2.27. The van der Waals surface area contributed by atoms with Crippen LogP contribution >= 0.6 is 11.6 Å². The van der Waals surface area contributed by atoms with Crippen LogP contribution in [0.5, 0.6) is 0 Å². The molecule has 1 amide bonds. The van der Waals surface area contributed by atoms with Crippen molar-refractivity contribution in [1.82, 2.24) is 19.6 Å². The van der Waals surface area contributed by atoms with Gasteiger partial charge < -0.3 is 4.90 Å². The average Bonchev–Trinajstić information content (AvgIpc) is 2.92. The summed E-state index contributed by atoms with van der Waals surface area (Å²) in [7, 11) is 0. The summed E-state index contributed by atoms with van der Waals surface area (Å²) < 4.78 is 15.8. The molecule has 1 aromatic carbocycles. The third kappa shape index (κ3) is 3.62. The van der Waals surface area contributed by atoms with E-state index in [4.69, 9.17) is 11.6 Å². The second-order valence-corrected chi connectivity index (χ2v) is 7.04. The molecule has 1 aliphatic rings. The third-order valence-corrected chi connectivity index (χ3v) is 5.35. The molecular formula is C19H24ClFN4O. The second-order valence-electron chi connectivity index (χ2n) is 6.63. The molecule has 1 fully saturated rings. The van der Waals surface area contributed by atoms with Gasteiger partial charge in [-0.3, -0.25) is 14.4 Å². The highest BCUT2D eigenvalue weighted by Crippen LogP contribution is 2.22. The summed E-state index contributed by atoms with van der Waals surface area (Å²) in [6.07, 6.45) is 0. The van der Waals surface area contributed by atoms with Crippen molar-refractivity contribution < 1.29 is 9.18 Å².